The van der Waals surface area contributed by atoms with Crippen molar-refractivity contribution in [3.8, 4) is 50.7 Å². The first kappa shape index (κ1) is 31.5. The molecule has 0 unspecified atom stereocenters. The molecule has 2 heterocycles. The zero-order valence-corrected chi connectivity index (χ0v) is 24.7. The van der Waals surface area contributed by atoms with Gasteiger partial charge in [0.05, 0.1) is 12.3 Å². The van der Waals surface area contributed by atoms with E-state index in [2.05, 4.69) is 14.8 Å². The molecule has 1 N–H and O–H groups in total. The summed E-state index contributed by atoms with van der Waals surface area (Å²) in [7, 11) is 1.38. The van der Waals surface area contributed by atoms with E-state index >= 15 is 0 Å². The first-order valence-corrected chi connectivity index (χ1v) is 14.4. The molecule has 0 amide bonds. The number of thioether (sulfide) groups is 1. The summed E-state index contributed by atoms with van der Waals surface area (Å²) in [5.74, 6) is -0.0576. The third-order valence-corrected chi connectivity index (χ3v) is 7.81. The van der Waals surface area contributed by atoms with Gasteiger partial charge in [-0.05, 0) is 65.9 Å². The number of hydrogen-bond donors (Lipinski definition) is 1. The van der Waals surface area contributed by atoms with E-state index in [1.165, 1.54) is 30.9 Å². The third kappa shape index (κ3) is 6.44. The highest BCUT2D eigenvalue weighted by Crippen LogP contribution is 2.43. The lowest BCUT2D eigenvalue weighted by atomic mass is 9.93. The molecule has 230 valence electrons. The van der Waals surface area contributed by atoms with E-state index in [9.17, 15) is 31.4 Å². The van der Waals surface area contributed by atoms with Crippen molar-refractivity contribution in [2.75, 3.05) is 6.26 Å². The van der Waals surface area contributed by atoms with Crippen LogP contribution in [0.3, 0.4) is 0 Å². The Morgan fingerprint density at radius 3 is 2.20 bits per heavy atom. The van der Waals surface area contributed by atoms with Gasteiger partial charge in [-0.2, -0.15) is 18.3 Å². The number of benzene rings is 3. The lowest BCUT2D eigenvalue weighted by Crippen LogP contribution is -2.16. The third-order valence-electron chi connectivity index (χ3n) is 6.67. The Hall–Kier alpha value is -3.94. The van der Waals surface area contributed by atoms with Gasteiger partial charge in [0.15, 0.2) is 17.3 Å². The molecule has 0 aliphatic heterocycles. The van der Waals surface area contributed by atoms with E-state index in [1.807, 2.05) is 12.3 Å². The Labute approximate surface area is 256 Å². The zero-order valence-electron chi connectivity index (χ0n) is 23.1. The number of halogens is 7. The van der Waals surface area contributed by atoms with Gasteiger partial charge in [0.2, 0.25) is 0 Å². The van der Waals surface area contributed by atoms with Crippen LogP contribution in [0.4, 0.5) is 26.3 Å². The highest BCUT2D eigenvalue weighted by Gasteiger charge is 2.35. The molecule has 44 heavy (non-hydrogen) atoms. The number of aliphatic hydroxyl groups excluding tert-OH is 1. The monoisotopic (exact) mass is 653 g/mol. The van der Waals surface area contributed by atoms with E-state index in [0.717, 1.165) is 27.8 Å². The van der Waals surface area contributed by atoms with Crippen molar-refractivity contribution in [3.05, 3.63) is 82.8 Å². The smallest absolute Gasteiger partial charge is 0.440 e. The van der Waals surface area contributed by atoms with Crippen molar-refractivity contribution < 1.29 is 40.6 Å². The molecule has 5 aromatic rings. The molecule has 0 aliphatic rings. The van der Waals surface area contributed by atoms with Crippen molar-refractivity contribution in [3.63, 3.8) is 0 Å². The topological polar surface area (TPSA) is 73.3 Å². The van der Waals surface area contributed by atoms with E-state index < -0.39 is 24.0 Å². The van der Waals surface area contributed by atoms with Crippen LogP contribution >= 0.6 is 23.4 Å². The Morgan fingerprint density at radius 1 is 0.932 bits per heavy atom. The average molecular weight is 654 g/mol. The van der Waals surface area contributed by atoms with Crippen LogP contribution in [0.25, 0.3) is 45.0 Å². The van der Waals surface area contributed by atoms with Gasteiger partial charge in [0.25, 0.3) is 0 Å². The molecule has 0 spiro atoms. The second-order valence-electron chi connectivity index (χ2n) is 9.58. The summed E-state index contributed by atoms with van der Waals surface area (Å²) in [6.07, 6.45) is -7.73. The number of alkyl halides is 6. The Bertz CT molecular complexity index is 1830. The number of hydrogen-bond acceptors (Lipinski definition) is 6. The van der Waals surface area contributed by atoms with Crippen molar-refractivity contribution in [1.82, 2.24) is 14.8 Å². The maximum absolute atomic E-state index is 13.6. The molecule has 6 nitrogen and oxygen atoms in total. The lowest BCUT2D eigenvalue weighted by molar-refractivity contribution is -0.274. The van der Waals surface area contributed by atoms with Crippen LogP contribution in [0.1, 0.15) is 17.1 Å². The van der Waals surface area contributed by atoms with Crippen LogP contribution in [0.5, 0.6) is 5.75 Å². The van der Waals surface area contributed by atoms with E-state index in [4.69, 9.17) is 16.0 Å². The molecule has 0 radical (unpaired) electrons. The Balaban J connectivity index is 1.72. The van der Waals surface area contributed by atoms with E-state index in [0.29, 0.717) is 38.4 Å². The van der Waals surface area contributed by atoms with Crippen molar-refractivity contribution >= 4 is 23.4 Å². The van der Waals surface area contributed by atoms with Crippen LogP contribution < -0.4 is 4.74 Å². The molecular weight excluding hydrogens is 632 g/mol. The fraction of sp³-hybridized carbons (Fsp3) is 0.200. The van der Waals surface area contributed by atoms with E-state index in [-0.39, 0.29) is 29.6 Å². The number of aliphatic hydroxyl groups is 1. The fourth-order valence-corrected chi connectivity index (χ4v) is 5.73. The molecule has 0 fully saturated rings. The maximum atomic E-state index is 13.6. The zero-order chi connectivity index (χ0) is 32.0. The van der Waals surface area contributed by atoms with Gasteiger partial charge in [-0.25, -0.2) is 4.98 Å². The largest absolute Gasteiger partial charge is 0.573 e. The van der Waals surface area contributed by atoms with Crippen LogP contribution in [0, 0.1) is 6.92 Å². The van der Waals surface area contributed by atoms with Crippen LogP contribution in [-0.2, 0) is 19.8 Å². The predicted molar refractivity (Wildman–Crippen MR) is 154 cm³/mol. The van der Waals surface area contributed by atoms with E-state index in [1.54, 1.807) is 31.2 Å². The molecule has 0 aliphatic carbocycles. The van der Waals surface area contributed by atoms with Gasteiger partial charge in [-0.15, -0.1) is 24.9 Å². The lowest BCUT2D eigenvalue weighted by Gasteiger charge is -2.15. The minimum absolute atomic E-state index is 0.131. The second kappa shape index (κ2) is 11.9. The number of oxazole rings is 1. The maximum Gasteiger partial charge on any atom is 0.573 e. The first-order chi connectivity index (χ1) is 20.7. The summed E-state index contributed by atoms with van der Waals surface area (Å²) < 4.78 is 90.0. The summed E-state index contributed by atoms with van der Waals surface area (Å²) in [5.41, 5.74) is 2.19. The molecule has 0 saturated heterocycles. The highest BCUT2D eigenvalue weighted by atomic mass is 35.5. The molecule has 0 saturated carbocycles. The number of aromatic nitrogens is 3. The molecule has 0 atom stereocenters. The quantitative estimate of drug-likeness (QED) is 0.140. The van der Waals surface area contributed by atoms with Crippen molar-refractivity contribution in [1.29, 1.82) is 0 Å². The molecule has 5 rings (SSSR count). The molecule has 2 aromatic heterocycles. The van der Waals surface area contributed by atoms with Gasteiger partial charge < -0.3 is 14.3 Å². The fourth-order valence-electron chi connectivity index (χ4n) is 4.73. The molecule has 0 bridgehead atoms. The summed E-state index contributed by atoms with van der Waals surface area (Å²) in [6, 6.07) is 14.4. The number of aryl methyl sites for hydroxylation is 2. The molecule has 14 heteroatoms. The Kier molecular flexibility index (Phi) is 8.49. The summed E-state index contributed by atoms with van der Waals surface area (Å²) in [5, 5.41) is 13.8. The summed E-state index contributed by atoms with van der Waals surface area (Å²) in [4.78, 5) is 5.18. The second-order valence-corrected chi connectivity index (χ2v) is 10.8. The normalized spacial score (nSPS) is 12.2. The van der Waals surface area contributed by atoms with Gasteiger partial charge in [0.1, 0.15) is 11.4 Å². The summed E-state index contributed by atoms with van der Waals surface area (Å²) in [6.45, 7) is 1.30. The van der Waals surface area contributed by atoms with Crippen molar-refractivity contribution in [2.45, 2.75) is 31.0 Å². The average Bonchev–Trinajstić information content (AvgIpc) is 3.54. The van der Waals surface area contributed by atoms with Gasteiger partial charge in [0, 0.05) is 46.1 Å². The van der Waals surface area contributed by atoms with Gasteiger partial charge in [-0.3, -0.25) is 4.68 Å². The predicted octanol–water partition coefficient (Wildman–Crippen LogP) is 9.17. The number of nitrogens with zero attached hydrogens (tertiary/aromatic N) is 3. The molecule has 3 aromatic carbocycles. The van der Waals surface area contributed by atoms with Gasteiger partial charge in [-0.1, -0.05) is 23.7 Å². The minimum Gasteiger partial charge on any atom is -0.440 e. The Morgan fingerprint density at radius 2 is 1.61 bits per heavy atom. The minimum atomic E-state index is -4.88. The van der Waals surface area contributed by atoms with Crippen molar-refractivity contribution in [2.24, 2.45) is 7.05 Å². The highest BCUT2D eigenvalue weighted by molar-refractivity contribution is 7.98. The first-order valence-electron chi connectivity index (χ1n) is 12.8. The standard InChI is InChI=1S/C30H22ClF6N3O3S/c1-15-38-27(16-4-7-19(8-5-16)43-30(35,36)37)28(42-15)21-10-17(18-11-23(31)22(14-41)25(12-18)44-3)6-9-20(21)24-13-26(29(32,33)34)39-40(24)2/h4-13,41H,14H2,1-3H3. The van der Waals surface area contributed by atoms with Crippen LogP contribution in [-0.4, -0.2) is 32.5 Å². The SMILES string of the molecule is CSc1cc(-c2ccc(-c3cc(C(F)(F)F)nn3C)c(-c3oc(C)nc3-c3ccc(OC(F)(F)F)cc3)c2)cc(Cl)c1CO. The van der Waals surface area contributed by atoms with Gasteiger partial charge >= 0.3 is 12.5 Å². The van der Waals surface area contributed by atoms with Crippen LogP contribution in [0.15, 0.2) is 70.0 Å². The molecular formula is C30H22ClF6N3O3S. The van der Waals surface area contributed by atoms with Crippen LogP contribution in [0.2, 0.25) is 5.02 Å². The summed E-state index contributed by atoms with van der Waals surface area (Å²) >= 11 is 7.86. The number of ether oxygens (including phenoxy) is 1. The number of rotatable bonds is 7.